The van der Waals surface area contributed by atoms with Gasteiger partial charge in [-0.1, -0.05) is 26.0 Å². The molecule has 2 heterocycles. The third-order valence-electron chi connectivity index (χ3n) is 4.72. The van der Waals surface area contributed by atoms with Crippen LogP contribution in [-0.2, 0) is 20.9 Å². The van der Waals surface area contributed by atoms with E-state index in [2.05, 4.69) is 18.8 Å². The molecule has 138 valence electrons. The normalized spacial score (nSPS) is 17.2. The van der Waals surface area contributed by atoms with Crippen molar-refractivity contribution in [1.82, 2.24) is 4.98 Å². The molecular weight excluding hydrogens is 332 g/mol. The highest BCUT2D eigenvalue weighted by Gasteiger charge is 2.36. The first-order chi connectivity index (χ1) is 12.3. The third-order valence-corrected chi connectivity index (χ3v) is 4.72. The number of carbonyl (C=O) groups is 2. The Morgan fingerprint density at radius 3 is 2.81 bits per heavy atom. The molecule has 0 bridgehead atoms. The SMILES string of the molecule is Cc1nc(COC(=O)C2CC(=O)N(c3cccc(C(C)C)c3)C2)oc1C. The van der Waals surface area contributed by atoms with Crippen LogP contribution < -0.4 is 4.90 Å². The largest absolute Gasteiger partial charge is 0.455 e. The van der Waals surface area contributed by atoms with E-state index < -0.39 is 11.9 Å². The zero-order valence-electron chi connectivity index (χ0n) is 15.6. The van der Waals surface area contributed by atoms with E-state index in [0.29, 0.717) is 24.1 Å². The number of rotatable bonds is 5. The highest BCUT2D eigenvalue weighted by atomic mass is 16.5. The second kappa shape index (κ2) is 7.32. The van der Waals surface area contributed by atoms with Gasteiger partial charge in [-0.2, -0.15) is 0 Å². The van der Waals surface area contributed by atoms with Gasteiger partial charge in [0.15, 0.2) is 6.61 Å². The molecule has 26 heavy (non-hydrogen) atoms. The summed E-state index contributed by atoms with van der Waals surface area (Å²) in [4.78, 5) is 30.6. The molecule has 2 aromatic rings. The average Bonchev–Trinajstić information content (AvgIpc) is 3.15. The summed E-state index contributed by atoms with van der Waals surface area (Å²) in [7, 11) is 0. The summed E-state index contributed by atoms with van der Waals surface area (Å²) in [5, 5.41) is 0. The molecule has 1 aromatic heterocycles. The van der Waals surface area contributed by atoms with E-state index in [1.54, 1.807) is 4.90 Å². The molecule has 1 aliphatic heterocycles. The molecule has 0 saturated carbocycles. The summed E-state index contributed by atoms with van der Waals surface area (Å²) in [5.41, 5.74) is 2.77. The maximum absolute atomic E-state index is 12.4. The Morgan fingerprint density at radius 2 is 2.15 bits per heavy atom. The summed E-state index contributed by atoms with van der Waals surface area (Å²) in [6, 6.07) is 7.89. The third kappa shape index (κ3) is 3.79. The minimum atomic E-state index is -0.470. The van der Waals surface area contributed by atoms with Crippen LogP contribution in [0.2, 0.25) is 0 Å². The molecule has 0 aliphatic carbocycles. The Hall–Kier alpha value is -2.63. The molecule has 1 fully saturated rings. The van der Waals surface area contributed by atoms with Crippen molar-refractivity contribution in [3.8, 4) is 0 Å². The number of oxazole rings is 1. The Morgan fingerprint density at radius 1 is 1.38 bits per heavy atom. The lowest BCUT2D eigenvalue weighted by atomic mass is 10.0. The first kappa shape index (κ1) is 18.2. The van der Waals surface area contributed by atoms with E-state index in [9.17, 15) is 9.59 Å². The van der Waals surface area contributed by atoms with E-state index in [1.165, 1.54) is 0 Å². The zero-order valence-corrected chi connectivity index (χ0v) is 15.6. The van der Waals surface area contributed by atoms with Crippen LogP contribution in [0.1, 0.15) is 49.1 Å². The lowest BCUT2D eigenvalue weighted by molar-refractivity contribution is -0.150. The fourth-order valence-corrected chi connectivity index (χ4v) is 3.02. The fourth-order valence-electron chi connectivity index (χ4n) is 3.02. The Labute approximate surface area is 153 Å². The number of amides is 1. The van der Waals surface area contributed by atoms with Gasteiger partial charge in [-0.05, 0) is 37.5 Å². The van der Waals surface area contributed by atoms with Gasteiger partial charge in [0.05, 0.1) is 11.6 Å². The molecule has 1 unspecified atom stereocenters. The molecule has 1 amide bonds. The van der Waals surface area contributed by atoms with Crippen molar-refractivity contribution < 1.29 is 18.7 Å². The van der Waals surface area contributed by atoms with Crippen molar-refractivity contribution in [3.05, 3.63) is 47.2 Å². The van der Waals surface area contributed by atoms with Crippen LogP contribution >= 0.6 is 0 Å². The van der Waals surface area contributed by atoms with E-state index in [0.717, 1.165) is 16.9 Å². The summed E-state index contributed by atoms with van der Waals surface area (Å²) >= 11 is 0. The lowest BCUT2D eigenvalue weighted by Gasteiger charge is -2.18. The summed E-state index contributed by atoms with van der Waals surface area (Å²) in [6.07, 6.45) is 0.161. The smallest absolute Gasteiger partial charge is 0.311 e. The number of hydrogen-bond donors (Lipinski definition) is 0. The fraction of sp³-hybridized carbons (Fsp3) is 0.450. The Bertz CT molecular complexity index is 805. The van der Waals surface area contributed by atoms with Crippen molar-refractivity contribution in [2.24, 2.45) is 5.92 Å². The van der Waals surface area contributed by atoms with E-state index >= 15 is 0 Å². The molecule has 0 N–H and O–H groups in total. The van der Waals surface area contributed by atoms with E-state index in [4.69, 9.17) is 9.15 Å². The number of aryl methyl sites for hydroxylation is 2. The van der Waals surface area contributed by atoms with Crippen molar-refractivity contribution in [2.45, 2.75) is 46.6 Å². The van der Waals surface area contributed by atoms with Crippen LogP contribution in [0.25, 0.3) is 0 Å². The van der Waals surface area contributed by atoms with Crippen LogP contribution in [0.15, 0.2) is 28.7 Å². The number of carbonyl (C=O) groups excluding carboxylic acids is 2. The van der Waals surface area contributed by atoms with Crippen molar-refractivity contribution in [1.29, 1.82) is 0 Å². The van der Waals surface area contributed by atoms with Gasteiger partial charge in [-0.3, -0.25) is 9.59 Å². The van der Waals surface area contributed by atoms with Gasteiger partial charge >= 0.3 is 5.97 Å². The van der Waals surface area contributed by atoms with Gasteiger partial charge in [0.2, 0.25) is 11.8 Å². The molecular formula is C20H24N2O4. The van der Waals surface area contributed by atoms with Crippen LogP contribution in [0.3, 0.4) is 0 Å². The van der Waals surface area contributed by atoms with Gasteiger partial charge in [-0.25, -0.2) is 4.98 Å². The van der Waals surface area contributed by atoms with E-state index in [-0.39, 0.29) is 18.9 Å². The number of aromatic nitrogens is 1. The number of nitrogens with zero attached hydrogens (tertiary/aromatic N) is 2. The highest BCUT2D eigenvalue weighted by molar-refractivity contribution is 5.99. The maximum atomic E-state index is 12.4. The molecule has 0 spiro atoms. The van der Waals surface area contributed by atoms with Gasteiger partial charge in [0.25, 0.3) is 0 Å². The van der Waals surface area contributed by atoms with Crippen molar-refractivity contribution >= 4 is 17.6 Å². The summed E-state index contributed by atoms with van der Waals surface area (Å²) in [5.74, 6) is 0.538. The van der Waals surface area contributed by atoms with Gasteiger partial charge in [0.1, 0.15) is 5.76 Å². The molecule has 6 nitrogen and oxygen atoms in total. The molecule has 6 heteroatoms. The van der Waals surface area contributed by atoms with Gasteiger partial charge < -0.3 is 14.1 Å². The van der Waals surface area contributed by atoms with Crippen molar-refractivity contribution in [2.75, 3.05) is 11.4 Å². The molecule has 0 radical (unpaired) electrons. The van der Waals surface area contributed by atoms with E-state index in [1.807, 2.05) is 38.1 Å². The predicted molar refractivity (Wildman–Crippen MR) is 96.8 cm³/mol. The number of ether oxygens (including phenoxy) is 1. The summed E-state index contributed by atoms with van der Waals surface area (Å²) in [6.45, 7) is 8.19. The highest BCUT2D eigenvalue weighted by Crippen LogP contribution is 2.28. The number of hydrogen-bond acceptors (Lipinski definition) is 5. The second-order valence-electron chi connectivity index (χ2n) is 7.01. The van der Waals surface area contributed by atoms with Gasteiger partial charge in [-0.15, -0.1) is 0 Å². The van der Waals surface area contributed by atoms with Crippen molar-refractivity contribution in [3.63, 3.8) is 0 Å². The average molecular weight is 356 g/mol. The molecule has 1 atom stereocenters. The first-order valence-electron chi connectivity index (χ1n) is 8.85. The maximum Gasteiger partial charge on any atom is 0.311 e. The minimum Gasteiger partial charge on any atom is -0.455 e. The van der Waals surface area contributed by atoms with Gasteiger partial charge in [0, 0.05) is 18.7 Å². The number of benzene rings is 1. The second-order valence-corrected chi connectivity index (χ2v) is 7.01. The molecule has 3 rings (SSSR count). The number of anilines is 1. The predicted octanol–water partition coefficient (Wildman–Crippen LogP) is 3.51. The quantitative estimate of drug-likeness (QED) is 0.767. The first-order valence-corrected chi connectivity index (χ1v) is 8.85. The summed E-state index contributed by atoms with van der Waals surface area (Å²) < 4.78 is 10.7. The molecule has 1 aromatic carbocycles. The minimum absolute atomic E-state index is 0.0129. The Kier molecular flexibility index (Phi) is 5.11. The van der Waals surface area contributed by atoms with Crippen LogP contribution in [0.5, 0.6) is 0 Å². The topological polar surface area (TPSA) is 72.6 Å². The Balaban J connectivity index is 1.63. The van der Waals surface area contributed by atoms with Crippen LogP contribution in [0.4, 0.5) is 5.69 Å². The molecule has 1 aliphatic rings. The van der Waals surface area contributed by atoms with Crippen LogP contribution in [0, 0.1) is 19.8 Å². The zero-order chi connectivity index (χ0) is 18.8. The number of esters is 1. The lowest BCUT2D eigenvalue weighted by Crippen LogP contribution is -2.26. The van der Waals surface area contributed by atoms with Crippen LogP contribution in [-0.4, -0.2) is 23.4 Å². The monoisotopic (exact) mass is 356 g/mol. The molecule has 1 saturated heterocycles. The standard InChI is InChI=1S/C20H24N2O4/c1-12(2)15-6-5-7-17(8-15)22-10-16(9-19(22)23)20(24)25-11-18-21-13(3)14(4)26-18/h5-8,12,16H,9-11H2,1-4H3.